The van der Waals surface area contributed by atoms with Crippen LogP contribution >= 0.6 is 15.9 Å². The molecule has 14 heavy (non-hydrogen) atoms. The molecule has 1 aromatic heterocycles. The Morgan fingerprint density at radius 1 is 1.64 bits per heavy atom. The molecule has 1 saturated carbocycles. The van der Waals surface area contributed by atoms with Crippen molar-refractivity contribution >= 4 is 21.6 Å². The summed E-state index contributed by atoms with van der Waals surface area (Å²) in [5.74, 6) is 0. The number of nitrogens with zero attached hydrogens (tertiary/aromatic N) is 1. The fourth-order valence-electron chi connectivity index (χ4n) is 1.63. The van der Waals surface area contributed by atoms with E-state index in [0.29, 0.717) is 4.47 Å². The molecule has 1 fully saturated rings. The van der Waals surface area contributed by atoms with Crippen LogP contribution in [0.4, 0.5) is 5.69 Å². The van der Waals surface area contributed by atoms with Crippen molar-refractivity contribution < 1.29 is 0 Å². The largest absolute Gasteiger partial charge is 0.378 e. The first-order valence-electron chi connectivity index (χ1n) is 4.62. The Bertz CT molecular complexity index is 397. The Kier molecular flexibility index (Phi) is 2.34. The highest BCUT2D eigenvalue weighted by Gasteiger charge is 2.32. The summed E-state index contributed by atoms with van der Waals surface area (Å²) >= 11 is 3.24. The van der Waals surface area contributed by atoms with Crippen molar-refractivity contribution in [3.05, 3.63) is 21.0 Å². The van der Waals surface area contributed by atoms with Gasteiger partial charge in [-0.1, -0.05) is 0 Å². The van der Waals surface area contributed by atoms with E-state index >= 15 is 0 Å². The number of anilines is 1. The average Bonchev–Trinajstić information content (AvgIpc) is 2.10. The minimum atomic E-state index is -0.196. The monoisotopic (exact) mass is 257 g/mol. The van der Waals surface area contributed by atoms with Gasteiger partial charge in [0.2, 0.25) is 0 Å². The summed E-state index contributed by atoms with van der Waals surface area (Å²) in [5, 5.41) is 9.46. The lowest BCUT2D eigenvalue weighted by Crippen LogP contribution is -2.42. The van der Waals surface area contributed by atoms with Crippen LogP contribution < -0.4 is 10.9 Å². The Labute approximate surface area is 90.2 Å². The quantitative estimate of drug-likeness (QED) is 0.851. The molecule has 0 spiro atoms. The molecule has 1 aromatic rings. The highest BCUT2D eigenvalue weighted by Crippen LogP contribution is 2.35. The third-order valence-corrected chi connectivity index (χ3v) is 3.48. The molecule has 0 unspecified atom stereocenters. The molecule has 0 amide bonds. The number of hydrogen-bond acceptors (Lipinski definition) is 3. The zero-order valence-electron chi connectivity index (χ0n) is 7.93. The minimum absolute atomic E-state index is 0.137. The molecule has 5 heteroatoms. The topological polar surface area (TPSA) is 57.8 Å². The van der Waals surface area contributed by atoms with Gasteiger partial charge < -0.3 is 5.32 Å². The van der Waals surface area contributed by atoms with Gasteiger partial charge in [0.1, 0.15) is 4.47 Å². The molecule has 0 saturated heterocycles. The number of hydrogen-bond donors (Lipinski definition) is 2. The molecule has 0 radical (unpaired) electrons. The summed E-state index contributed by atoms with van der Waals surface area (Å²) in [6, 6.07) is 0. The van der Waals surface area contributed by atoms with Crippen LogP contribution in [-0.2, 0) is 0 Å². The Morgan fingerprint density at radius 3 is 2.93 bits per heavy atom. The number of aromatic nitrogens is 2. The van der Waals surface area contributed by atoms with Crippen LogP contribution in [0, 0.1) is 0 Å². The molecule has 1 aliphatic carbocycles. The highest BCUT2D eigenvalue weighted by atomic mass is 79.9. The van der Waals surface area contributed by atoms with Gasteiger partial charge in [0, 0.05) is 5.54 Å². The fourth-order valence-corrected chi connectivity index (χ4v) is 1.92. The lowest BCUT2D eigenvalue weighted by atomic mass is 9.78. The van der Waals surface area contributed by atoms with Gasteiger partial charge in [-0.25, -0.2) is 5.10 Å². The molecule has 0 aromatic carbocycles. The van der Waals surface area contributed by atoms with Crippen LogP contribution in [0.15, 0.2) is 15.5 Å². The Hall–Kier alpha value is -0.840. The smallest absolute Gasteiger partial charge is 0.280 e. The van der Waals surface area contributed by atoms with Crippen LogP contribution in [0.5, 0.6) is 0 Å². The van der Waals surface area contributed by atoms with E-state index in [1.807, 2.05) is 0 Å². The maximum atomic E-state index is 11.2. The standard InChI is InChI=1S/C9H12BrN3O/c1-9(3-2-4-9)12-6-5-11-13-8(14)7(6)10/h5H,2-4H2,1H3,(H2,12,13,14). The van der Waals surface area contributed by atoms with E-state index in [1.165, 1.54) is 6.42 Å². The molecule has 2 rings (SSSR count). The van der Waals surface area contributed by atoms with Gasteiger partial charge in [-0.2, -0.15) is 5.10 Å². The third kappa shape index (κ3) is 1.68. The van der Waals surface area contributed by atoms with E-state index in [4.69, 9.17) is 0 Å². The summed E-state index contributed by atoms with van der Waals surface area (Å²) < 4.78 is 0.528. The lowest BCUT2D eigenvalue weighted by molar-refractivity contribution is 0.306. The van der Waals surface area contributed by atoms with E-state index in [0.717, 1.165) is 18.5 Å². The van der Waals surface area contributed by atoms with Crippen LogP contribution in [0.2, 0.25) is 0 Å². The highest BCUT2D eigenvalue weighted by molar-refractivity contribution is 9.10. The first kappa shape index (κ1) is 9.71. The predicted octanol–water partition coefficient (Wildman–Crippen LogP) is 1.89. The zero-order chi connectivity index (χ0) is 10.2. The number of nitrogens with one attached hydrogen (secondary N) is 2. The van der Waals surface area contributed by atoms with E-state index < -0.39 is 0 Å². The molecule has 0 bridgehead atoms. The van der Waals surface area contributed by atoms with E-state index in [9.17, 15) is 4.79 Å². The van der Waals surface area contributed by atoms with Crippen LogP contribution in [0.25, 0.3) is 0 Å². The second-order valence-electron chi connectivity index (χ2n) is 3.97. The zero-order valence-corrected chi connectivity index (χ0v) is 9.52. The van der Waals surface area contributed by atoms with Crippen LogP contribution in [0.3, 0.4) is 0 Å². The lowest BCUT2D eigenvalue weighted by Gasteiger charge is -2.40. The maximum Gasteiger partial charge on any atom is 0.280 e. The minimum Gasteiger partial charge on any atom is -0.378 e. The molecule has 0 atom stereocenters. The van der Waals surface area contributed by atoms with Gasteiger partial charge in [0.25, 0.3) is 5.56 Å². The number of H-pyrrole nitrogens is 1. The van der Waals surface area contributed by atoms with Crippen molar-refractivity contribution in [2.75, 3.05) is 5.32 Å². The molecular weight excluding hydrogens is 246 g/mol. The third-order valence-electron chi connectivity index (χ3n) is 2.69. The molecule has 1 aliphatic rings. The Morgan fingerprint density at radius 2 is 2.36 bits per heavy atom. The summed E-state index contributed by atoms with van der Waals surface area (Å²) in [6.45, 7) is 2.16. The SMILES string of the molecule is CC1(Nc2cn[nH]c(=O)c2Br)CCC1. The molecule has 4 nitrogen and oxygen atoms in total. The van der Waals surface area contributed by atoms with Crippen LogP contribution in [0.1, 0.15) is 26.2 Å². The van der Waals surface area contributed by atoms with E-state index in [1.54, 1.807) is 6.20 Å². The average molecular weight is 258 g/mol. The first-order chi connectivity index (χ1) is 6.61. The molecule has 1 heterocycles. The number of aromatic amines is 1. The number of halogens is 1. The van der Waals surface area contributed by atoms with Gasteiger partial charge in [0.05, 0.1) is 11.9 Å². The molecule has 2 N–H and O–H groups in total. The summed E-state index contributed by atoms with van der Waals surface area (Å²) in [5.41, 5.74) is 0.715. The van der Waals surface area contributed by atoms with E-state index in [-0.39, 0.29) is 11.1 Å². The summed E-state index contributed by atoms with van der Waals surface area (Å²) in [7, 11) is 0. The van der Waals surface area contributed by atoms with Gasteiger partial charge in [-0.3, -0.25) is 4.79 Å². The van der Waals surface area contributed by atoms with Crippen LogP contribution in [-0.4, -0.2) is 15.7 Å². The van der Waals surface area contributed by atoms with Crippen molar-refractivity contribution in [1.82, 2.24) is 10.2 Å². The van der Waals surface area contributed by atoms with Gasteiger partial charge >= 0.3 is 0 Å². The summed E-state index contributed by atoms with van der Waals surface area (Å²) in [6.07, 6.45) is 5.17. The van der Waals surface area contributed by atoms with Crippen molar-refractivity contribution in [2.24, 2.45) is 0 Å². The molecule has 0 aliphatic heterocycles. The van der Waals surface area contributed by atoms with Gasteiger partial charge in [-0.15, -0.1) is 0 Å². The van der Waals surface area contributed by atoms with Gasteiger partial charge in [0.15, 0.2) is 0 Å². The number of rotatable bonds is 2. The normalized spacial score (nSPS) is 18.7. The van der Waals surface area contributed by atoms with Crippen molar-refractivity contribution in [1.29, 1.82) is 0 Å². The first-order valence-corrected chi connectivity index (χ1v) is 5.41. The van der Waals surface area contributed by atoms with E-state index in [2.05, 4.69) is 38.4 Å². The summed E-state index contributed by atoms with van der Waals surface area (Å²) in [4.78, 5) is 11.2. The maximum absolute atomic E-state index is 11.2. The van der Waals surface area contributed by atoms with Crippen molar-refractivity contribution in [3.63, 3.8) is 0 Å². The second-order valence-corrected chi connectivity index (χ2v) is 4.76. The Balaban J connectivity index is 2.24. The fraction of sp³-hybridized carbons (Fsp3) is 0.556. The predicted molar refractivity (Wildman–Crippen MR) is 58.4 cm³/mol. The molecule has 76 valence electrons. The van der Waals surface area contributed by atoms with Crippen molar-refractivity contribution in [2.45, 2.75) is 31.7 Å². The van der Waals surface area contributed by atoms with Crippen molar-refractivity contribution in [3.8, 4) is 0 Å². The second kappa shape index (κ2) is 3.38. The molecular formula is C9H12BrN3O. The van der Waals surface area contributed by atoms with Gasteiger partial charge in [-0.05, 0) is 42.1 Å².